The fraction of sp³-hybridized carbons (Fsp3) is 0.933. The molecule has 3 aliphatic rings. The van der Waals surface area contributed by atoms with Crippen molar-refractivity contribution in [1.82, 2.24) is 4.90 Å². The standard InChI is InChI=1S/C15H26N2/c16-14(13-5-1-2-6-13)17-11-9-15(10-12-17)7-3-4-8-15/h13,16H,1-12H2. The first-order valence-electron chi connectivity index (χ1n) is 7.63. The Kier molecular flexibility index (Phi) is 3.14. The predicted molar refractivity (Wildman–Crippen MR) is 71.4 cm³/mol. The van der Waals surface area contributed by atoms with Gasteiger partial charge in [-0.15, -0.1) is 0 Å². The van der Waals surface area contributed by atoms with Gasteiger partial charge in [-0.25, -0.2) is 0 Å². The van der Waals surface area contributed by atoms with E-state index in [0.29, 0.717) is 11.3 Å². The highest BCUT2D eigenvalue weighted by Gasteiger charge is 2.38. The quantitative estimate of drug-likeness (QED) is 0.542. The summed E-state index contributed by atoms with van der Waals surface area (Å²) >= 11 is 0. The first-order valence-corrected chi connectivity index (χ1v) is 7.63. The van der Waals surface area contributed by atoms with E-state index in [9.17, 15) is 0 Å². The molecule has 96 valence electrons. The van der Waals surface area contributed by atoms with Gasteiger partial charge in [-0.05, 0) is 43.9 Å². The lowest BCUT2D eigenvalue weighted by atomic mass is 9.77. The van der Waals surface area contributed by atoms with E-state index in [0.717, 1.165) is 5.84 Å². The highest BCUT2D eigenvalue weighted by atomic mass is 15.2. The summed E-state index contributed by atoms with van der Waals surface area (Å²) in [7, 11) is 0. The van der Waals surface area contributed by atoms with Gasteiger partial charge in [0, 0.05) is 19.0 Å². The summed E-state index contributed by atoms with van der Waals surface area (Å²) in [6.45, 7) is 2.35. The number of amidine groups is 1. The predicted octanol–water partition coefficient (Wildman–Crippen LogP) is 3.81. The average molecular weight is 234 g/mol. The molecule has 1 saturated heterocycles. The van der Waals surface area contributed by atoms with E-state index in [4.69, 9.17) is 5.41 Å². The molecule has 1 heterocycles. The molecule has 2 heteroatoms. The van der Waals surface area contributed by atoms with Crippen molar-refractivity contribution in [2.45, 2.75) is 64.2 Å². The molecule has 2 saturated carbocycles. The molecule has 3 rings (SSSR count). The monoisotopic (exact) mass is 234 g/mol. The van der Waals surface area contributed by atoms with Gasteiger partial charge >= 0.3 is 0 Å². The maximum Gasteiger partial charge on any atom is 0.0989 e. The third-order valence-corrected chi connectivity index (χ3v) is 5.57. The Balaban J connectivity index is 1.55. The number of nitrogens with one attached hydrogen (secondary N) is 1. The largest absolute Gasteiger partial charge is 0.360 e. The van der Waals surface area contributed by atoms with Crippen molar-refractivity contribution in [3.63, 3.8) is 0 Å². The molecule has 0 atom stereocenters. The molecule has 0 aromatic rings. The third kappa shape index (κ3) is 2.23. The summed E-state index contributed by atoms with van der Waals surface area (Å²) < 4.78 is 0. The van der Waals surface area contributed by atoms with E-state index in [1.54, 1.807) is 0 Å². The SMILES string of the molecule is N=C(C1CCCC1)N1CCC2(CCCC2)CC1. The Morgan fingerprint density at radius 2 is 1.47 bits per heavy atom. The van der Waals surface area contributed by atoms with Crippen LogP contribution in [-0.2, 0) is 0 Å². The summed E-state index contributed by atoms with van der Waals surface area (Å²) in [6, 6.07) is 0. The van der Waals surface area contributed by atoms with Crippen molar-refractivity contribution < 1.29 is 0 Å². The van der Waals surface area contributed by atoms with Crippen molar-refractivity contribution in [2.75, 3.05) is 13.1 Å². The van der Waals surface area contributed by atoms with E-state index < -0.39 is 0 Å². The minimum atomic E-state index is 0.604. The highest BCUT2D eigenvalue weighted by Crippen LogP contribution is 2.46. The van der Waals surface area contributed by atoms with E-state index in [1.165, 1.54) is 77.3 Å². The normalized spacial score (nSPS) is 29.1. The summed E-state index contributed by atoms with van der Waals surface area (Å²) in [5, 5.41) is 8.37. The molecule has 2 nitrogen and oxygen atoms in total. The molecule has 0 aromatic carbocycles. The van der Waals surface area contributed by atoms with Crippen LogP contribution in [0.3, 0.4) is 0 Å². The highest BCUT2D eigenvalue weighted by molar-refractivity contribution is 5.82. The molecule has 0 bridgehead atoms. The Bertz CT molecular complexity index is 275. The molecule has 0 radical (unpaired) electrons. The zero-order valence-corrected chi connectivity index (χ0v) is 11.0. The maximum absolute atomic E-state index is 8.37. The van der Waals surface area contributed by atoms with Gasteiger partial charge in [0.15, 0.2) is 0 Å². The van der Waals surface area contributed by atoms with Crippen molar-refractivity contribution in [2.24, 2.45) is 11.3 Å². The zero-order valence-electron chi connectivity index (χ0n) is 11.0. The number of piperidine rings is 1. The second-order valence-electron chi connectivity index (χ2n) is 6.56. The Labute approximate surface area is 105 Å². The second-order valence-corrected chi connectivity index (χ2v) is 6.56. The molecule has 2 aliphatic carbocycles. The summed E-state index contributed by atoms with van der Waals surface area (Å²) in [5.74, 6) is 1.59. The summed E-state index contributed by atoms with van der Waals surface area (Å²) in [6.07, 6.45) is 13.8. The van der Waals surface area contributed by atoms with Crippen molar-refractivity contribution in [1.29, 1.82) is 5.41 Å². The minimum absolute atomic E-state index is 0.604. The number of rotatable bonds is 1. The van der Waals surface area contributed by atoms with E-state index >= 15 is 0 Å². The molecular formula is C15H26N2. The molecular weight excluding hydrogens is 208 g/mol. The maximum atomic E-state index is 8.37. The summed E-state index contributed by atoms with van der Waals surface area (Å²) in [4.78, 5) is 2.40. The van der Waals surface area contributed by atoms with Crippen LogP contribution in [0.25, 0.3) is 0 Å². The lowest BCUT2D eigenvalue weighted by Gasteiger charge is -2.41. The topological polar surface area (TPSA) is 27.1 Å². The number of hydrogen-bond acceptors (Lipinski definition) is 1. The summed E-state index contributed by atoms with van der Waals surface area (Å²) in [5.41, 5.74) is 0.701. The van der Waals surface area contributed by atoms with Gasteiger partial charge in [0.2, 0.25) is 0 Å². The van der Waals surface area contributed by atoms with Gasteiger partial charge in [0.1, 0.15) is 0 Å². The van der Waals surface area contributed by atoms with Crippen LogP contribution < -0.4 is 0 Å². The zero-order chi connectivity index (χ0) is 11.7. The smallest absolute Gasteiger partial charge is 0.0989 e. The van der Waals surface area contributed by atoms with Crippen LogP contribution in [0.4, 0.5) is 0 Å². The van der Waals surface area contributed by atoms with Crippen molar-refractivity contribution >= 4 is 5.84 Å². The van der Waals surface area contributed by atoms with Crippen molar-refractivity contribution in [3.05, 3.63) is 0 Å². The van der Waals surface area contributed by atoms with Crippen molar-refractivity contribution in [3.8, 4) is 0 Å². The molecule has 0 amide bonds. The fourth-order valence-electron chi connectivity index (χ4n) is 4.30. The van der Waals surface area contributed by atoms with Crippen LogP contribution in [0.2, 0.25) is 0 Å². The minimum Gasteiger partial charge on any atom is -0.360 e. The molecule has 3 fully saturated rings. The molecule has 0 unspecified atom stereocenters. The fourth-order valence-corrected chi connectivity index (χ4v) is 4.30. The van der Waals surface area contributed by atoms with Crippen LogP contribution in [0.1, 0.15) is 64.2 Å². The van der Waals surface area contributed by atoms with Gasteiger partial charge in [0.25, 0.3) is 0 Å². The van der Waals surface area contributed by atoms with Gasteiger partial charge in [-0.3, -0.25) is 5.41 Å². The number of hydrogen-bond donors (Lipinski definition) is 1. The third-order valence-electron chi connectivity index (χ3n) is 5.57. The van der Waals surface area contributed by atoms with Crippen LogP contribution >= 0.6 is 0 Å². The molecule has 1 N–H and O–H groups in total. The van der Waals surface area contributed by atoms with Crippen LogP contribution in [0.15, 0.2) is 0 Å². The molecule has 1 aliphatic heterocycles. The average Bonchev–Trinajstić information content (AvgIpc) is 3.01. The van der Waals surface area contributed by atoms with E-state index in [-0.39, 0.29) is 0 Å². The Morgan fingerprint density at radius 3 is 2.06 bits per heavy atom. The van der Waals surface area contributed by atoms with E-state index in [2.05, 4.69) is 4.90 Å². The Morgan fingerprint density at radius 1 is 0.882 bits per heavy atom. The Hall–Kier alpha value is -0.530. The second kappa shape index (κ2) is 4.62. The van der Waals surface area contributed by atoms with Gasteiger partial charge in [-0.2, -0.15) is 0 Å². The lowest BCUT2D eigenvalue weighted by molar-refractivity contribution is 0.149. The molecule has 17 heavy (non-hydrogen) atoms. The van der Waals surface area contributed by atoms with Crippen LogP contribution in [0, 0.1) is 16.7 Å². The van der Waals surface area contributed by atoms with Crippen LogP contribution in [-0.4, -0.2) is 23.8 Å². The molecule has 1 spiro atoms. The first-order chi connectivity index (χ1) is 8.29. The van der Waals surface area contributed by atoms with Crippen LogP contribution in [0.5, 0.6) is 0 Å². The van der Waals surface area contributed by atoms with Gasteiger partial charge in [0.05, 0.1) is 5.84 Å². The first kappa shape index (κ1) is 11.6. The molecule has 0 aromatic heterocycles. The lowest BCUT2D eigenvalue weighted by Crippen LogP contribution is -2.44. The van der Waals surface area contributed by atoms with Gasteiger partial charge in [-0.1, -0.05) is 25.7 Å². The van der Waals surface area contributed by atoms with Gasteiger partial charge < -0.3 is 4.90 Å². The number of likely N-dealkylation sites (tertiary alicyclic amines) is 1. The van der Waals surface area contributed by atoms with E-state index in [1.807, 2.05) is 0 Å². The number of nitrogens with zero attached hydrogens (tertiary/aromatic N) is 1.